The van der Waals surface area contributed by atoms with Crippen LogP contribution in [0.15, 0.2) is 42.5 Å². The minimum Gasteiger partial charge on any atom is -0.493 e. The topological polar surface area (TPSA) is 74.3 Å². The van der Waals surface area contributed by atoms with Gasteiger partial charge in [0.25, 0.3) is 0 Å². The third-order valence-electron chi connectivity index (χ3n) is 7.48. The van der Waals surface area contributed by atoms with Gasteiger partial charge >= 0.3 is 5.97 Å². The van der Waals surface area contributed by atoms with Crippen molar-refractivity contribution in [3.05, 3.63) is 59.2 Å². The molecule has 0 saturated carbocycles. The highest BCUT2D eigenvalue weighted by Gasteiger charge is 2.65. The summed E-state index contributed by atoms with van der Waals surface area (Å²) in [6.45, 7) is 3.73. The number of amides is 1. The van der Waals surface area contributed by atoms with Crippen LogP contribution in [0.3, 0.4) is 0 Å². The number of rotatable bonds is 12. The van der Waals surface area contributed by atoms with Crippen molar-refractivity contribution in [1.29, 1.82) is 0 Å². The molecule has 8 heteroatoms. The number of unbranched alkanes of at least 4 members (excludes halogenated alkanes) is 1. The molecule has 2 aromatic rings. The summed E-state index contributed by atoms with van der Waals surface area (Å²) in [5.74, 6) is 1.66. The molecule has 3 atom stereocenters. The molecule has 2 aromatic carbocycles. The van der Waals surface area contributed by atoms with Crippen LogP contribution in [0.2, 0.25) is 0 Å². The highest BCUT2D eigenvalue weighted by atomic mass is 32.2. The zero-order valence-corrected chi connectivity index (χ0v) is 23.0. The van der Waals surface area contributed by atoms with Gasteiger partial charge in [-0.25, -0.2) is 0 Å². The molecule has 1 saturated heterocycles. The van der Waals surface area contributed by atoms with Gasteiger partial charge in [-0.3, -0.25) is 9.59 Å². The summed E-state index contributed by atoms with van der Waals surface area (Å²) in [5.41, 5.74) is 2.16. The second-order valence-electron chi connectivity index (χ2n) is 9.45. The van der Waals surface area contributed by atoms with Gasteiger partial charge in [0.2, 0.25) is 5.91 Å². The van der Waals surface area contributed by atoms with Crippen LogP contribution in [0, 0.1) is 5.41 Å². The van der Waals surface area contributed by atoms with E-state index in [9.17, 15) is 9.59 Å². The Hall–Kier alpha value is -2.71. The van der Waals surface area contributed by atoms with E-state index >= 15 is 0 Å². The van der Waals surface area contributed by atoms with Gasteiger partial charge in [0, 0.05) is 13.2 Å². The zero-order valence-electron chi connectivity index (χ0n) is 22.2. The summed E-state index contributed by atoms with van der Waals surface area (Å²) in [7, 11) is 4.64. The second kappa shape index (κ2) is 12.2. The lowest BCUT2D eigenvalue weighted by Crippen LogP contribution is -2.45. The van der Waals surface area contributed by atoms with Gasteiger partial charge in [-0.15, -0.1) is 11.8 Å². The van der Waals surface area contributed by atoms with E-state index < -0.39 is 16.7 Å². The number of ether oxygens (including phenoxy) is 4. The fourth-order valence-electron chi connectivity index (χ4n) is 5.80. The highest BCUT2D eigenvalue weighted by Crippen LogP contribution is 2.58. The Bertz CT molecular complexity index is 1090. The monoisotopic (exact) mass is 527 g/mol. The molecular weight excluding hydrogens is 490 g/mol. The molecule has 0 unspecified atom stereocenters. The van der Waals surface area contributed by atoms with E-state index in [2.05, 4.69) is 0 Å². The van der Waals surface area contributed by atoms with E-state index in [1.54, 1.807) is 26.0 Å². The van der Waals surface area contributed by atoms with Crippen molar-refractivity contribution >= 4 is 23.6 Å². The lowest BCUT2D eigenvalue weighted by atomic mass is 9.71. The van der Waals surface area contributed by atoms with E-state index in [-0.39, 0.29) is 11.9 Å². The lowest BCUT2D eigenvalue weighted by molar-refractivity contribution is -0.155. The number of hydrogen-bond donors (Lipinski definition) is 0. The van der Waals surface area contributed by atoms with Gasteiger partial charge in [0.1, 0.15) is 10.7 Å². The maximum Gasteiger partial charge on any atom is 0.315 e. The molecule has 2 aliphatic heterocycles. The smallest absolute Gasteiger partial charge is 0.315 e. The molecule has 0 radical (unpaired) electrons. The van der Waals surface area contributed by atoms with Crippen LogP contribution in [0.4, 0.5) is 0 Å². The van der Waals surface area contributed by atoms with Crippen molar-refractivity contribution < 1.29 is 28.5 Å². The van der Waals surface area contributed by atoms with Crippen molar-refractivity contribution in [3.63, 3.8) is 0 Å². The molecule has 0 spiro atoms. The highest BCUT2D eigenvalue weighted by molar-refractivity contribution is 8.00. The number of carbonyl (C=O) groups is 2. The molecule has 37 heavy (non-hydrogen) atoms. The maximum atomic E-state index is 13.8. The first kappa shape index (κ1) is 27.3. The number of hydrogen-bond acceptors (Lipinski definition) is 7. The van der Waals surface area contributed by atoms with Gasteiger partial charge in [-0.2, -0.15) is 0 Å². The second-order valence-corrected chi connectivity index (χ2v) is 10.8. The normalized spacial score (nSPS) is 22.4. The average molecular weight is 528 g/mol. The number of benzene rings is 2. The zero-order chi connectivity index (χ0) is 26.4. The molecule has 2 aliphatic rings. The minimum atomic E-state index is -0.999. The first-order valence-corrected chi connectivity index (χ1v) is 13.9. The molecule has 0 aliphatic carbocycles. The van der Waals surface area contributed by atoms with Crippen LogP contribution in [0.1, 0.15) is 48.9 Å². The van der Waals surface area contributed by atoms with Gasteiger partial charge in [0.15, 0.2) is 11.5 Å². The maximum absolute atomic E-state index is 13.8. The number of thioether (sulfide) groups is 1. The average Bonchev–Trinajstić information content (AvgIpc) is 3.18. The Morgan fingerprint density at radius 2 is 1.81 bits per heavy atom. The third kappa shape index (κ3) is 5.18. The Kier molecular flexibility index (Phi) is 9.03. The van der Waals surface area contributed by atoms with Gasteiger partial charge in [-0.1, -0.05) is 37.3 Å². The number of methoxy groups -OCH3 is 3. The largest absolute Gasteiger partial charge is 0.493 e. The summed E-state index contributed by atoms with van der Waals surface area (Å²) < 4.78 is 22.5. The first-order chi connectivity index (χ1) is 18.0. The van der Waals surface area contributed by atoms with Crippen LogP contribution in [0.5, 0.6) is 11.5 Å². The Balaban J connectivity index is 1.62. The van der Waals surface area contributed by atoms with E-state index in [0.717, 1.165) is 35.3 Å². The van der Waals surface area contributed by atoms with Crippen LogP contribution >= 0.6 is 11.8 Å². The fraction of sp³-hybridized carbons (Fsp3) is 0.517. The van der Waals surface area contributed by atoms with E-state index in [0.29, 0.717) is 44.1 Å². The van der Waals surface area contributed by atoms with Crippen LogP contribution < -0.4 is 9.47 Å². The third-order valence-corrected chi connectivity index (χ3v) is 8.77. The van der Waals surface area contributed by atoms with E-state index in [1.807, 2.05) is 54.3 Å². The quantitative estimate of drug-likeness (QED) is 0.290. The van der Waals surface area contributed by atoms with E-state index in [1.165, 1.54) is 7.11 Å². The predicted molar refractivity (Wildman–Crippen MR) is 144 cm³/mol. The van der Waals surface area contributed by atoms with Gasteiger partial charge in [0.05, 0.1) is 34.0 Å². The molecule has 7 nitrogen and oxygen atoms in total. The summed E-state index contributed by atoms with van der Waals surface area (Å²) in [6, 6.07) is 13.6. The minimum absolute atomic E-state index is 0.0167. The van der Waals surface area contributed by atoms with Crippen LogP contribution in [0.25, 0.3) is 0 Å². The standard InChI is InChI=1S/C29H37NO6S/c1-5-37-26-27(31)30-15-13-21-17-23(33-2)24(34-3)18-22(21)25(30)29(26,28(32)35-4)14-9-10-16-36-19-20-11-7-6-8-12-20/h6-8,11-12,17-18,25-26H,5,9-10,13-16,19H2,1-4H3/t25-,26-,29+/m1/s1. The van der Waals surface area contributed by atoms with Crippen molar-refractivity contribution in [3.8, 4) is 11.5 Å². The fourth-order valence-corrected chi connectivity index (χ4v) is 7.06. The van der Waals surface area contributed by atoms with Crippen molar-refractivity contribution in [1.82, 2.24) is 4.90 Å². The summed E-state index contributed by atoms with van der Waals surface area (Å²) in [5, 5.41) is -0.501. The SMILES string of the molecule is CCS[C@@H]1C(=O)N2CCc3cc(OC)c(OC)cc3[C@@H]2[C@]1(CCCCOCc1ccccc1)C(=O)OC. The molecule has 0 N–H and O–H groups in total. The molecule has 0 bridgehead atoms. The van der Waals surface area contributed by atoms with Crippen molar-refractivity contribution in [2.24, 2.45) is 5.41 Å². The molecule has 1 amide bonds. The Morgan fingerprint density at radius 3 is 2.49 bits per heavy atom. The van der Waals surface area contributed by atoms with E-state index in [4.69, 9.17) is 18.9 Å². The molecule has 1 fully saturated rings. The van der Waals surface area contributed by atoms with Crippen LogP contribution in [-0.2, 0) is 32.1 Å². The number of carbonyl (C=O) groups excluding carboxylic acids is 2. The summed E-state index contributed by atoms with van der Waals surface area (Å²) in [4.78, 5) is 29.4. The lowest BCUT2D eigenvalue weighted by Gasteiger charge is -2.41. The summed E-state index contributed by atoms with van der Waals surface area (Å²) in [6.07, 6.45) is 2.76. The van der Waals surface area contributed by atoms with Crippen molar-refractivity contribution in [2.75, 3.05) is 40.2 Å². The van der Waals surface area contributed by atoms with Gasteiger partial charge < -0.3 is 23.8 Å². The first-order valence-electron chi connectivity index (χ1n) is 12.9. The molecule has 0 aromatic heterocycles. The summed E-state index contributed by atoms with van der Waals surface area (Å²) >= 11 is 1.54. The molecule has 200 valence electrons. The number of fused-ring (bicyclic) bond motifs is 3. The predicted octanol–water partition coefficient (Wildman–Crippen LogP) is 4.81. The number of esters is 1. The molecule has 4 rings (SSSR count). The van der Waals surface area contributed by atoms with Crippen molar-refractivity contribution in [2.45, 2.75) is 50.5 Å². The van der Waals surface area contributed by atoms with Gasteiger partial charge in [-0.05, 0) is 60.3 Å². The van der Waals surface area contributed by atoms with Crippen LogP contribution in [-0.4, -0.2) is 62.3 Å². The Morgan fingerprint density at radius 1 is 1.08 bits per heavy atom. The number of nitrogens with zero attached hydrogens (tertiary/aromatic N) is 1. The molecule has 2 heterocycles. The Labute approximate surface area is 223 Å². The molecular formula is C29H37NO6S.